The number of rotatable bonds is 5. The van der Waals surface area contributed by atoms with Gasteiger partial charge in [-0.15, -0.1) is 0 Å². The van der Waals surface area contributed by atoms with Gasteiger partial charge >= 0.3 is 0 Å². The highest BCUT2D eigenvalue weighted by molar-refractivity contribution is 5.91. The standard InChI is InChI=1S/C13H14FNO2/c1-10(16)8-9-15-13(17)7-4-11-2-5-12(14)6-3-11/h2-7H,8-9H2,1H3,(H,15,17)/b7-4+. The average molecular weight is 235 g/mol. The van der Waals surface area contributed by atoms with E-state index >= 15 is 0 Å². The van der Waals surface area contributed by atoms with Crippen molar-refractivity contribution < 1.29 is 14.0 Å². The van der Waals surface area contributed by atoms with Gasteiger partial charge in [-0.05, 0) is 30.7 Å². The first-order chi connectivity index (χ1) is 8.08. The number of Topliss-reactive ketones (excluding diaryl/α,β-unsaturated/α-hetero) is 1. The second-order valence-corrected chi connectivity index (χ2v) is 3.63. The van der Waals surface area contributed by atoms with Crippen LogP contribution in [0.2, 0.25) is 0 Å². The Morgan fingerprint density at radius 1 is 1.29 bits per heavy atom. The molecule has 1 amide bonds. The van der Waals surface area contributed by atoms with Gasteiger partial charge in [0.1, 0.15) is 11.6 Å². The lowest BCUT2D eigenvalue weighted by atomic mass is 10.2. The molecule has 1 aromatic carbocycles. The van der Waals surface area contributed by atoms with E-state index in [1.807, 2.05) is 0 Å². The number of halogens is 1. The van der Waals surface area contributed by atoms with Gasteiger partial charge in [-0.2, -0.15) is 0 Å². The molecule has 0 saturated carbocycles. The molecule has 3 nitrogen and oxygen atoms in total. The van der Waals surface area contributed by atoms with Gasteiger partial charge in [0.05, 0.1) is 0 Å². The van der Waals surface area contributed by atoms with Crippen molar-refractivity contribution in [2.45, 2.75) is 13.3 Å². The zero-order valence-corrected chi connectivity index (χ0v) is 9.57. The Balaban J connectivity index is 2.40. The van der Waals surface area contributed by atoms with Crippen molar-refractivity contribution in [3.63, 3.8) is 0 Å². The van der Waals surface area contributed by atoms with Crippen LogP contribution in [-0.4, -0.2) is 18.2 Å². The smallest absolute Gasteiger partial charge is 0.244 e. The molecule has 1 rings (SSSR count). The normalized spacial score (nSPS) is 10.5. The molecule has 17 heavy (non-hydrogen) atoms. The average Bonchev–Trinajstić information content (AvgIpc) is 2.28. The first-order valence-corrected chi connectivity index (χ1v) is 5.29. The molecule has 0 aliphatic carbocycles. The van der Waals surface area contributed by atoms with Gasteiger partial charge in [-0.3, -0.25) is 9.59 Å². The van der Waals surface area contributed by atoms with Gasteiger partial charge < -0.3 is 5.32 Å². The molecular weight excluding hydrogens is 221 g/mol. The Kier molecular flexibility index (Phi) is 5.07. The van der Waals surface area contributed by atoms with Gasteiger partial charge in [0, 0.05) is 19.0 Å². The van der Waals surface area contributed by atoms with Gasteiger partial charge in [0.2, 0.25) is 5.91 Å². The van der Waals surface area contributed by atoms with Crippen molar-refractivity contribution in [2.75, 3.05) is 6.54 Å². The number of nitrogens with one attached hydrogen (secondary N) is 1. The van der Waals surface area contributed by atoms with E-state index in [0.717, 1.165) is 5.56 Å². The summed E-state index contributed by atoms with van der Waals surface area (Å²) < 4.78 is 12.6. The third-order valence-electron chi connectivity index (χ3n) is 2.07. The van der Waals surface area contributed by atoms with E-state index in [1.165, 1.54) is 25.1 Å². The van der Waals surface area contributed by atoms with Gasteiger partial charge in [0.15, 0.2) is 0 Å². The van der Waals surface area contributed by atoms with Crippen LogP contribution in [0.4, 0.5) is 4.39 Å². The van der Waals surface area contributed by atoms with Crippen LogP contribution >= 0.6 is 0 Å². The first kappa shape index (κ1) is 13.1. The quantitative estimate of drug-likeness (QED) is 0.793. The fourth-order valence-electron chi connectivity index (χ4n) is 1.17. The topological polar surface area (TPSA) is 46.2 Å². The van der Waals surface area contributed by atoms with Crippen LogP contribution in [0.15, 0.2) is 30.3 Å². The van der Waals surface area contributed by atoms with Crippen molar-refractivity contribution >= 4 is 17.8 Å². The highest BCUT2D eigenvalue weighted by Crippen LogP contribution is 2.04. The van der Waals surface area contributed by atoms with E-state index in [2.05, 4.69) is 5.32 Å². The minimum absolute atomic E-state index is 0.0350. The maximum Gasteiger partial charge on any atom is 0.244 e. The minimum atomic E-state index is -0.312. The van der Waals surface area contributed by atoms with Crippen molar-refractivity contribution in [1.29, 1.82) is 0 Å². The lowest BCUT2D eigenvalue weighted by Gasteiger charge is -1.98. The monoisotopic (exact) mass is 235 g/mol. The van der Waals surface area contributed by atoms with Crippen LogP contribution in [0, 0.1) is 5.82 Å². The number of benzene rings is 1. The Hall–Kier alpha value is -1.97. The van der Waals surface area contributed by atoms with Gasteiger partial charge in [0.25, 0.3) is 0 Å². The molecular formula is C13H14FNO2. The lowest BCUT2D eigenvalue weighted by Crippen LogP contribution is -2.23. The maximum absolute atomic E-state index is 12.6. The van der Waals surface area contributed by atoms with Crippen LogP contribution in [0.3, 0.4) is 0 Å². The molecule has 0 aromatic heterocycles. The summed E-state index contributed by atoms with van der Waals surface area (Å²) in [7, 11) is 0. The Labute approximate surface area is 99.3 Å². The molecule has 0 spiro atoms. The van der Waals surface area contributed by atoms with Crippen molar-refractivity contribution in [2.24, 2.45) is 0 Å². The van der Waals surface area contributed by atoms with E-state index in [1.54, 1.807) is 18.2 Å². The van der Waals surface area contributed by atoms with Crippen LogP contribution in [0.1, 0.15) is 18.9 Å². The summed E-state index contributed by atoms with van der Waals surface area (Å²) in [6, 6.07) is 5.81. The molecule has 0 aliphatic heterocycles. The maximum atomic E-state index is 12.6. The fraction of sp³-hybridized carbons (Fsp3) is 0.231. The predicted molar refractivity (Wildman–Crippen MR) is 63.7 cm³/mol. The summed E-state index contributed by atoms with van der Waals surface area (Å²) in [6.45, 7) is 1.81. The molecule has 4 heteroatoms. The number of carbonyl (C=O) groups is 2. The number of ketones is 1. The molecule has 0 heterocycles. The molecule has 90 valence electrons. The molecule has 0 atom stereocenters. The minimum Gasteiger partial charge on any atom is -0.352 e. The second-order valence-electron chi connectivity index (χ2n) is 3.63. The molecule has 0 unspecified atom stereocenters. The van der Waals surface area contributed by atoms with E-state index < -0.39 is 0 Å². The summed E-state index contributed by atoms with van der Waals surface area (Å²) in [5.41, 5.74) is 0.744. The SMILES string of the molecule is CC(=O)CCNC(=O)/C=C/c1ccc(F)cc1. The summed E-state index contributed by atoms with van der Waals surface area (Å²) in [5, 5.41) is 2.57. The van der Waals surface area contributed by atoms with Crippen LogP contribution in [-0.2, 0) is 9.59 Å². The summed E-state index contributed by atoms with van der Waals surface area (Å²) in [5.74, 6) is -0.545. The zero-order chi connectivity index (χ0) is 12.7. The molecule has 0 radical (unpaired) electrons. The Morgan fingerprint density at radius 2 is 1.94 bits per heavy atom. The summed E-state index contributed by atoms with van der Waals surface area (Å²) in [4.78, 5) is 21.9. The molecule has 0 saturated heterocycles. The number of hydrogen-bond acceptors (Lipinski definition) is 2. The second kappa shape index (κ2) is 6.58. The Bertz CT molecular complexity index is 424. The van der Waals surface area contributed by atoms with Crippen molar-refractivity contribution in [3.8, 4) is 0 Å². The predicted octanol–water partition coefficient (Wildman–Crippen LogP) is 1.93. The first-order valence-electron chi connectivity index (χ1n) is 5.29. The Morgan fingerprint density at radius 3 is 2.53 bits per heavy atom. The zero-order valence-electron chi connectivity index (χ0n) is 9.57. The lowest BCUT2D eigenvalue weighted by molar-refractivity contribution is -0.117. The molecule has 0 aliphatic rings. The van der Waals surface area contributed by atoms with Crippen molar-refractivity contribution in [3.05, 3.63) is 41.7 Å². The highest BCUT2D eigenvalue weighted by Gasteiger charge is 1.97. The van der Waals surface area contributed by atoms with Crippen LogP contribution < -0.4 is 5.32 Å². The number of hydrogen-bond donors (Lipinski definition) is 1. The van der Waals surface area contributed by atoms with E-state index in [9.17, 15) is 14.0 Å². The number of amides is 1. The molecule has 1 N–H and O–H groups in total. The molecule has 0 bridgehead atoms. The van der Waals surface area contributed by atoms with Crippen molar-refractivity contribution in [1.82, 2.24) is 5.32 Å². The molecule has 1 aromatic rings. The van der Waals surface area contributed by atoms with E-state index in [-0.39, 0.29) is 17.5 Å². The van der Waals surface area contributed by atoms with Crippen LogP contribution in [0.5, 0.6) is 0 Å². The fourth-order valence-corrected chi connectivity index (χ4v) is 1.17. The van der Waals surface area contributed by atoms with E-state index in [0.29, 0.717) is 13.0 Å². The van der Waals surface area contributed by atoms with E-state index in [4.69, 9.17) is 0 Å². The third-order valence-corrected chi connectivity index (χ3v) is 2.07. The largest absolute Gasteiger partial charge is 0.352 e. The van der Waals surface area contributed by atoms with Gasteiger partial charge in [-0.1, -0.05) is 12.1 Å². The highest BCUT2D eigenvalue weighted by atomic mass is 19.1. The van der Waals surface area contributed by atoms with Gasteiger partial charge in [-0.25, -0.2) is 4.39 Å². The van der Waals surface area contributed by atoms with Crippen LogP contribution in [0.25, 0.3) is 6.08 Å². The summed E-state index contributed by atoms with van der Waals surface area (Å²) in [6.07, 6.45) is 3.27. The molecule has 0 fully saturated rings. The number of carbonyl (C=O) groups excluding carboxylic acids is 2. The third kappa shape index (κ3) is 5.61. The summed E-state index contributed by atoms with van der Waals surface area (Å²) >= 11 is 0.